The molecule has 0 atom stereocenters. The summed E-state index contributed by atoms with van der Waals surface area (Å²) < 4.78 is 2.66. The van der Waals surface area contributed by atoms with Gasteiger partial charge in [-0.05, 0) is 37.3 Å². The van der Waals surface area contributed by atoms with E-state index >= 15 is 0 Å². The van der Waals surface area contributed by atoms with Crippen molar-refractivity contribution in [1.29, 1.82) is 0 Å². The van der Waals surface area contributed by atoms with Crippen LogP contribution in [-0.2, 0) is 0 Å². The van der Waals surface area contributed by atoms with Gasteiger partial charge in [0.2, 0.25) is 0 Å². The van der Waals surface area contributed by atoms with Gasteiger partial charge >= 0.3 is 0 Å². The standard InChI is InChI=1S/C16H12N4S/c1-10-5-6-11-3-2-4-14(15(11)18-10)20-13-7-8-17-9-12(13)19-16(20)21/h2-9H,1H3,(H,19,21). The highest BCUT2D eigenvalue weighted by molar-refractivity contribution is 7.71. The lowest BCUT2D eigenvalue weighted by molar-refractivity contribution is 1.07. The average Bonchev–Trinajstić information content (AvgIpc) is 2.82. The first-order chi connectivity index (χ1) is 10.2. The third-order valence-electron chi connectivity index (χ3n) is 3.56. The minimum absolute atomic E-state index is 0.647. The number of hydrogen-bond donors (Lipinski definition) is 1. The lowest BCUT2D eigenvalue weighted by atomic mass is 10.1. The number of H-pyrrole nitrogens is 1. The van der Waals surface area contributed by atoms with E-state index in [1.54, 1.807) is 12.4 Å². The van der Waals surface area contributed by atoms with Crippen LogP contribution in [0.1, 0.15) is 5.69 Å². The number of benzene rings is 1. The van der Waals surface area contributed by atoms with Gasteiger partial charge in [-0.3, -0.25) is 14.5 Å². The van der Waals surface area contributed by atoms with Crippen molar-refractivity contribution >= 4 is 34.2 Å². The van der Waals surface area contributed by atoms with Crippen molar-refractivity contribution in [3.8, 4) is 5.69 Å². The van der Waals surface area contributed by atoms with Crippen molar-refractivity contribution in [2.45, 2.75) is 6.92 Å². The molecule has 4 nitrogen and oxygen atoms in total. The summed E-state index contributed by atoms with van der Waals surface area (Å²) in [5.41, 5.74) is 4.85. The summed E-state index contributed by atoms with van der Waals surface area (Å²) in [7, 11) is 0. The maximum absolute atomic E-state index is 5.48. The fraction of sp³-hybridized carbons (Fsp3) is 0.0625. The number of para-hydroxylation sites is 1. The lowest BCUT2D eigenvalue weighted by Gasteiger charge is -2.08. The molecule has 4 aromatic rings. The Morgan fingerprint density at radius 2 is 2.05 bits per heavy atom. The van der Waals surface area contributed by atoms with Crippen LogP contribution in [0, 0.1) is 11.7 Å². The predicted octanol–water partition coefficient (Wildman–Crippen LogP) is 3.94. The maximum atomic E-state index is 5.48. The van der Waals surface area contributed by atoms with Crippen LogP contribution < -0.4 is 0 Å². The maximum Gasteiger partial charge on any atom is 0.182 e. The quantitative estimate of drug-likeness (QED) is 0.540. The number of nitrogens with one attached hydrogen (secondary N) is 1. The second kappa shape index (κ2) is 4.49. The van der Waals surface area contributed by atoms with Crippen LogP contribution in [0.5, 0.6) is 0 Å². The molecular weight excluding hydrogens is 280 g/mol. The summed E-state index contributed by atoms with van der Waals surface area (Å²) in [4.78, 5) is 12.0. The van der Waals surface area contributed by atoms with Gasteiger partial charge in [0, 0.05) is 17.3 Å². The minimum atomic E-state index is 0.647. The molecule has 0 radical (unpaired) electrons. The summed E-state index contributed by atoms with van der Waals surface area (Å²) in [5, 5.41) is 1.10. The fourth-order valence-corrected chi connectivity index (χ4v) is 2.91. The summed E-state index contributed by atoms with van der Waals surface area (Å²) in [5.74, 6) is 0. The number of aromatic nitrogens is 4. The zero-order valence-electron chi connectivity index (χ0n) is 11.4. The Morgan fingerprint density at radius 1 is 1.14 bits per heavy atom. The molecule has 1 aromatic carbocycles. The van der Waals surface area contributed by atoms with Gasteiger partial charge in [0.05, 0.1) is 28.4 Å². The molecule has 0 unspecified atom stereocenters. The van der Waals surface area contributed by atoms with Crippen molar-refractivity contribution < 1.29 is 0 Å². The smallest absolute Gasteiger partial charge is 0.182 e. The van der Waals surface area contributed by atoms with Gasteiger partial charge < -0.3 is 4.98 Å². The summed E-state index contributed by atoms with van der Waals surface area (Å²) in [6.07, 6.45) is 3.55. The van der Waals surface area contributed by atoms with Crippen molar-refractivity contribution in [1.82, 2.24) is 19.5 Å². The molecular formula is C16H12N4S. The number of fused-ring (bicyclic) bond motifs is 2. The molecule has 0 aliphatic heterocycles. The van der Waals surface area contributed by atoms with Gasteiger partial charge in [-0.2, -0.15) is 0 Å². The zero-order chi connectivity index (χ0) is 14.4. The van der Waals surface area contributed by atoms with E-state index in [2.05, 4.69) is 27.1 Å². The second-order valence-electron chi connectivity index (χ2n) is 4.96. The number of aryl methyl sites for hydroxylation is 1. The highest BCUT2D eigenvalue weighted by Crippen LogP contribution is 2.25. The molecule has 21 heavy (non-hydrogen) atoms. The van der Waals surface area contributed by atoms with Crippen LogP contribution in [0.4, 0.5) is 0 Å². The lowest BCUT2D eigenvalue weighted by Crippen LogP contribution is -1.97. The average molecular weight is 292 g/mol. The van der Waals surface area contributed by atoms with Crippen molar-refractivity contribution in [3.63, 3.8) is 0 Å². The largest absolute Gasteiger partial charge is 0.329 e. The molecule has 5 heteroatoms. The zero-order valence-corrected chi connectivity index (χ0v) is 12.2. The SMILES string of the molecule is Cc1ccc2cccc(-n3c(=S)[nH]c4cnccc43)c2n1. The van der Waals surface area contributed by atoms with E-state index in [0.29, 0.717) is 4.77 Å². The molecule has 3 heterocycles. The number of rotatable bonds is 1. The Labute approximate surface area is 126 Å². The minimum Gasteiger partial charge on any atom is -0.329 e. The van der Waals surface area contributed by atoms with E-state index in [9.17, 15) is 0 Å². The molecule has 0 amide bonds. The highest BCUT2D eigenvalue weighted by Gasteiger charge is 2.10. The third-order valence-corrected chi connectivity index (χ3v) is 3.85. The summed E-state index contributed by atoms with van der Waals surface area (Å²) in [6, 6.07) is 12.2. The molecule has 1 N–H and O–H groups in total. The van der Waals surface area contributed by atoms with Gasteiger partial charge in [0.1, 0.15) is 0 Å². The number of imidazole rings is 1. The molecule has 0 spiro atoms. The summed E-state index contributed by atoms with van der Waals surface area (Å²) >= 11 is 5.48. The molecule has 102 valence electrons. The van der Waals surface area contributed by atoms with Gasteiger partial charge in [0.25, 0.3) is 0 Å². The first-order valence-corrected chi connectivity index (χ1v) is 7.06. The number of pyridine rings is 2. The van der Waals surface area contributed by atoms with Crippen molar-refractivity contribution in [3.05, 3.63) is 59.3 Å². The monoisotopic (exact) mass is 292 g/mol. The van der Waals surface area contributed by atoms with Crippen molar-refractivity contribution in [2.75, 3.05) is 0 Å². The van der Waals surface area contributed by atoms with E-state index in [4.69, 9.17) is 12.2 Å². The number of hydrogen-bond acceptors (Lipinski definition) is 3. The van der Waals surface area contributed by atoms with Gasteiger partial charge in [-0.25, -0.2) is 0 Å². The van der Waals surface area contributed by atoms with E-state index in [-0.39, 0.29) is 0 Å². The number of nitrogens with zero attached hydrogens (tertiary/aromatic N) is 3. The Morgan fingerprint density at radius 3 is 2.95 bits per heavy atom. The highest BCUT2D eigenvalue weighted by atomic mass is 32.1. The van der Waals surface area contributed by atoms with Crippen LogP contribution in [0.15, 0.2) is 48.8 Å². The van der Waals surface area contributed by atoms with Crippen LogP contribution in [-0.4, -0.2) is 19.5 Å². The molecule has 3 aromatic heterocycles. The van der Waals surface area contributed by atoms with E-state index < -0.39 is 0 Å². The predicted molar refractivity (Wildman–Crippen MR) is 86.3 cm³/mol. The van der Waals surface area contributed by atoms with Crippen LogP contribution in [0.2, 0.25) is 0 Å². The molecule has 0 bridgehead atoms. The van der Waals surface area contributed by atoms with E-state index in [1.165, 1.54) is 0 Å². The van der Waals surface area contributed by atoms with E-state index in [1.807, 2.05) is 35.8 Å². The number of aromatic amines is 1. The Hall–Kier alpha value is -2.53. The third kappa shape index (κ3) is 1.86. The molecule has 0 aliphatic rings. The summed E-state index contributed by atoms with van der Waals surface area (Å²) in [6.45, 7) is 1.99. The van der Waals surface area contributed by atoms with Gasteiger partial charge in [-0.15, -0.1) is 0 Å². The molecule has 0 aliphatic carbocycles. The molecule has 0 saturated carbocycles. The first kappa shape index (κ1) is 12.2. The van der Waals surface area contributed by atoms with Crippen molar-refractivity contribution in [2.24, 2.45) is 0 Å². The molecule has 4 rings (SSSR count). The van der Waals surface area contributed by atoms with E-state index in [0.717, 1.165) is 33.3 Å². The normalized spacial score (nSPS) is 11.3. The fourth-order valence-electron chi connectivity index (χ4n) is 2.61. The second-order valence-corrected chi connectivity index (χ2v) is 5.35. The van der Waals surface area contributed by atoms with Crippen LogP contribution >= 0.6 is 12.2 Å². The Bertz CT molecular complexity index is 1030. The topological polar surface area (TPSA) is 46.5 Å². The van der Waals surface area contributed by atoms with Gasteiger partial charge in [-0.1, -0.05) is 18.2 Å². The van der Waals surface area contributed by atoms with Crippen LogP contribution in [0.3, 0.4) is 0 Å². The Kier molecular flexibility index (Phi) is 2.62. The molecule has 0 saturated heterocycles. The molecule has 0 fully saturated rings. The van der Waals surface area contributed by atoms with Gasteiger partial charge in [0.15, 0.2) is 4.77 Å². The van der Waals surface area contributed by atoms with Crippen LogP contribution in [0.25, 0.3) is 27.6 Å². The first-order valence-electron chi connectivity index (χ1n) is 6.65. The Balaban J connectivity index is 2.16.